The fourth-order valence-electron chi connectivity index (χ4n) is 9.10. The van der Waals surface area contributed by atoms with Crippen LogP contribution in [0.5, 0.6) is 0 Å². The van der Waals surface area contributed by atoms with Crippen LogP contribution in [0.15, 0.2) is 212 Å². The Morgan fingerprint density at radius 1 is 0.300 bits per heavy atom. The first-order valence-electron chi connectivity index (χ1n) is 20.3. The van der Waals surface area contributed by atoms with Gasteiger partial charge in [-0.05, 0) is 64.4 Å². The minimum atomic E-state index is 0.608. The average Bonchev–Trinajstić information content (AvgIpc) is 3.85. The molecule has 0 amide bonds. The molecule has 0 N–H and O–H groups in total. The van der Waals surface area contributed by atoms with Crippen molar-refractivity contribution in [3.8, 4) is 56.7 Å². The van der Waals surface area contributed by atoms with E-state index in [-0.39, 0.29) is 0 Å². The Bertz CT molecular complexity index is 3600. The lowest BCUT2D eigenvalue weighted by atomic mass is 9.99. The summed E-state index contributed by atoms with van der Waals surface area (Å²) >= 11 is 0. The maximum Gasteiger partial charge on any atom is 0.166 e. The molecule has 0 atom stereocenters. The molecule has 0 unspecified atom stereocenters. The molecule has 5 nitrogen and oxygen atoms in total. The van der Waals surface area contributed by atoms with Gasteiger partial charge in [0, 0.05) is 43.9 Å². The van der Waals surface area contributed by atoms with Crippen LogP contribution in [-0.4, -0.2) is 24.1 Å². The number of aromatic nitrogens is 5. The van der Waals surface area contributed by atoms with Crippen molar-refractivity contribution in [1.82, 2.24) is 24.1 Å². The molecule has 0 fully saturated rings. The number of nitrogens with zero attached hydrogens (tertiary/aromatic N) is 5. The molecule has 0 saturated carbocycles. The van der Waals surface area contributed by atoms with E-state index in [0.717, 1.165) is 77.4 Å². The normalized spacial score (nSPS) is 11.7. The molecule has 3 aromatic heterocycles. The van der Waals surface area contributed by atoms with E-state index >= 15 is 0 Å². The van der Waals surface area contributed by atoms with Crippen LogP contribution in [0, 0.1) is 0 Å². The molecule has 5 heteroatoms. The Balaban J connectivity index is 1.18. The van der Waals surface area contributed by atoms with E-state index in [0.29, 0.717) is 17.5 Å². The zero-order chi connectivity index (χ0) is 39.6. The summed E-state index contributed by atoms with van der Waals surface area (Å²) in [4.78, 5) is 16.1. The van der Waals surface area contributed by atoms with Gasteiger partial charge in [-0.1, -0.05) is 170 Å². The quantitative estimate of drug-likeness (QED) is 0.169. The molecule has 12 rings (SSSR count). The lowest BCUT2D eigenvalue weighted by Crippen LogP contribution is -2.04. The van der Waals surface area contributed by atoms with E-state index in [1.54, 1.807) is 0 Å². The summed E-state index contributed by atoms with van der Waals surface area (Å²) in [5.41, 5.74) is 11.6. The third-order valence-electron chi connectivity index (χ3n) is 11.8. The predicted octanol–water partition coefficient (Wildman–Crippen LogP) is 13.9. The maximum absolute atomic E-state index is 5.42. The minimum absolute atomic E-state index is 0.608. The molecule has 0 aliphatic rings. The van der Waals surface area contributed by atoms with Crippen LogP contribution in [0.2, 0.25) is 0 Å². The highest BCUT2D eigenvalue weighted by molar-refractivity contribution is 6.17. The van der Waals surface area contributed by atoms with Gasteiger partial charge >= 0.3 is 0 Å². The fourth-order valence-corrected chi connectivity index (χ4v) is 9.10. The van der Waals surface area contributed by atoms with Gasteiger partial charge in [-0.25, -0.2) is 15.0 Å². The monoisotopic (exact) mass is 765 g/mol. The Labute approximate surface area is 346 Å². The molecule has 0 radical (unpaired) electrons. The topological polar surface area (TPSA) is 48.5 Å². The van der Waals surface area contributed by atoms with Crippen LogP contribution in [0.1, 0.15) is 0 Å². The second-order valence-corrected chi connectivity index (χ2v) is 15.2. The highest BCUT2D eigenvalue weighted by Gasteiger charge is 2.24. The van der Waals surface area contributed by atoms with Gasteiger partial charge in [-0.15, -0.1) is 0 Å². The molecule has 0 bridgehead atoms. The summed E-state index contributed by atoms with van der Waals surface area (Å²) in [6.07, 6.45) is 0. The Kier molecular flexibility index (Phi) is 7.78. The molecule has 12 aromatic rings. The van der Waals surface area contributed by atoms with E-state index in [2.05, 4.69) is 215 Å². The number of fused-ring (bicyclic) bond motifs is 7. The van der Waals surface area contributed by atoms with Crippen LogP contribution in [0.4, 0.5) is 0 Å². The molecule has 0 aliphatic heterocycles. The first-order valence-corrected chi connectivity index (χ1v) is 20.3. The highest BCUT2D eigenvalue weighted by Crippen LogP contribution is 2.42. The Morgan fingerprint density at radius 3 is 1.60 bits per heavy atom. The summed E-state index contributed by atoms with van der Waals surface area (Å²) in [6.45, 7) is 0. The van der Waals surface area contributed by atoms with Crippen LogP contribution < -0.4 is 0 Å². The van der Waals surface area contributed by atoms with Crippen molar-refractivity contribution >= 4 is 54.4 Å². The Hall–Kier alpha value is -8.15. The molecule has 60 heavy (non-hydrogen) atoms. The standard InChI is InChI=1S/C55H35N5/c1-3-18-37(19-4-1)41-23-9-10-26-46(41)54-56-53(39-34-33-36-17-7-8-20-38(36)35-39)57-55(58-54)47-29-15-27-44-42-24-12-14-31-49(42)60(51(44)47)50-32-16-28-45-43-25-11-13-30-48(43)59(52(45)50)40-21-5-2-6-22-40/h1-35H. The van der Waals surface area contributed by atoms with Crippen LogP contribution in [0.25, 0.3) is 111 Å². The van der Waals surface area contributed by atoms with E-state index in [4.69, 9.17) is 15.0 Å². The van der Waals surface area contributed by atoms with Crippen LogP contribution in [-0.2, 0) is 0 Å². The summed E-state index contributed by atoms with van der Waals surface area (Å²) in [7, 11) is 0. The maximum atomic E-state index is 5.42. The summed E-state index contributed by atoms with van der Waals surface area (Å²) < 4.78 is 4.83. The van der Waals surface area contributed by atoms with Gasteiger partial charge in [0.05, 0.1) is 27.8 Å². The fraction of sp³-hybridized carbons (Fsp3) is 0. The van der Waals surface area contributed by atoms with E-state index < -0.39 is 0 Å². The van der Waals surface area contributed by atoms with Crippen molar-refractivity contribution in [1.29, 1.82) is 0 Å². The Morgan fingerprint density at radius 2 is 0.833 bits per heavy atom. The first-order chi connectivity index (χ1) is 29.8. The van der Waals surface area contributed by atoms with Gasteiger partial charge in [-0.3, -0.25) is 0 Å². The molecule has 9 aromatic carbocycles. The minimum Gasteiger partial charge on any atom is -0.307 e. The largest absolute Gasteiger partial charge is 0.307 e. The van der Waals surface area contributed by atoms with Crippen LogP contribution in [0.3, 0.4) is 0 Å². The molecular formula is C55H35N5. The van der Waals surface area contributed by atoms with Crippen molar-refractivity contribution in [3.05, 3.63) is 212 Å². The van der Waals surface area contributed by atoms with Gasteiger partial charge in [-0.2, -0.15) is 0 Å². The molecule has 3 heterocycles. The van der Waals surface area contributed by atoms with Crippen molar-refractivity contribution in [3.63, 3.8) is 0 Å². The first kappa shape index (κ1) is 33.9. The number of rotatable bonds is 6. The third-order valence-corrected chi connectivity index (χ3v) is 11.8. The molecule has 0 spiro atoms. The number of benzene rings is 9. The number of hydrogen-bond acceptors (Lipinski definition) is 3. The number of hydrogen-bond donors (Lipinski definition) is 0. The third kappa shape index (κ3) is 5.37. The van der Waals surface area contributed by atoms with Gasteiger partial charge in [0.25, 0.3) is 0 Å². The molecular weight excluding hydrogens is 731 g/mol. The molecule has 0 saturated heterocycles. The van der Waals surface area contributed by atoms with Gasteiger partial charge < -0.3 is 9.13 Å². The summed E-state index contributed by atoms with van der Waals surface area (Å²) in [6, 6.07) is 75.0. The highest BCUT2D eigenvalue weighted by atomic mass is 15.1. The molecule has 280 valence electrons. The second kappa shape index (κ2) is 13.8. The van der Waals surface area contributed by atoms with Crippen LogP contribution >= 0.6 is 0 Å². The number of para-hydroxylation sites is 5. The van der Waals surface area contributed by atoms with Crippen molar-refractivity contribution in [2.24, 2.45) is 0 Å². The van der Waals surface area contributed by atoms with Gasteiger partial charge in [0.1, 0.15) is 0 Å². The zero-order valence-corrected chi connectivity index (χ0v) is 32.4. The predicted molar refractivity (Wildman–Crippen MR) is 248 cm³/mol. The van der Waals surface area contributed by atoms with Crippen molar-refractivity contribution in [2.75, 3.05) is 0 Å². The lowest BCUT2D eigenvalue weighted by molar-refractivity contribution is 1.07. The summed E-state index contributed by atoms with van der Waals surface area (Å²) in [5, 5.41) is 6.98. The van der Waals surface area contributed by atoms with Crippen molar-refractivity contribution in [2.45, 2.75) is 0 Å². The van der Waals surface area contributed by atoms with Gasteiger partial charge in [0.15, 0.2) is 17.5 Å². The SMILES string of the molecule is c1ccc(-c2ccccc2-c2nc(-c3ccc4ccccc4c3)nc(-c3cccc4c5ccccc5n(-c5cccc6c7ccccc7n(-c7ccccc7)c56)c34)n2)cc1. The lowest BCUT2D eigenvalue weighted by Gasteiger charge is -2.16. The van der Waals surface area contributed by atoms with E-state index in [1.165, 1.54) is 16.2 Å². The zero-order valence-electron chi connectivity index (χ0n) is 32.4. The average molecular weight is 766 g/mol. The second-order valence-electron chi connectivity index (χ2n) is 15.2. The van der Waals surface area contributed by atoms with E-state index in [9.17, 15) is 0 Å². The van der Waals surface area contributed by atoms with Crippen molar-refractivity contribution < 1.29 is 0 Å². The summed E-state index contributed by atoms with van der Waals surface area (Å²) in [5.74, 6) is 1.85. The van der Waals surface area contributed by atoms with E-state index in [1.807, 2.05) is 6.07 Å². The van der Waals surface area contributed by atoms with Gasteiger partial charge in [0.2, 0.25) is 0 Å². The molecule has 0 aliphatic carbocycles. The smallest absolute Gasteiger partial charge is 0.166 e.